The number of fused-ring (bicyclic) bond motifs is 5. The van der Waals surface area contributed by atoms with Crippen LogP contribution in [0.25, 0.3) is 5.57 Å². The topological polar surface area (TPSA) is 37.4 Å². The van der Waals surface area contributed by atoms with E-state index in [9.17, 15) is 9.59 Å². The van der Waals surface area contributed by atoms with Gasteiger partial charge in [0.25, 0.3) is 0 Å². The highest BCUT2D eigenvalue weighted by atomic mass is 35.5. The molecule has 4 atom stereocenters. The summed E-state index contributed by atoms with van der Waals surface area (Å²) >= 11 is 12.4. The van der Waals surface area contributed by atoms with Gasteiger partial charge >= 0.3 is 0 Å². The van der Waals surface area contributed by atoms with Crippen LogP contribution in [0.15, 0.2) is 96.6 Å². The number of hydrogen-bond donors (Lipinski definition) is 0. The van der Waals surface area contributed by atoms with Crippen molar-refractivity contribution in [1.82, 2.24) is 0 Å². The van der Waals surface area contributed by atoms with Gasteiger partial charge in [0.2, 0.25) is 11.8 Å². The molecule has 3 aromatic carbocycles. The quantitative estimate of drug-likeness (QED) is 0.326. The maximum absolute atomic E-state index is 13.6. The average Bonchev–Trinajstić information content (AvgIpc) is 3.46. The third kappa shape index (κ3) is 3.03. The minimum Gasteiger partial charge on any atom is -0.274 e. The van der Waals surface area contributed by atoms with Gasteiger partial charge in [0.15, 0.2) is 0 Å². The van der Waals surface area contributed by atoms with Gasteiger partial charge in [-0.05, 0) is 40.5 Å². The Kier molecular flexibility index (Phi) is 4.79. The fourth-order valence-electron chi connectivity index (χ4n) is 5.71. The predicted molar refractivity (Wildman–Crippen MR) is 131 cm³/mol. The van der Waals surface area contributed by atoms with Crippen molar-refractivity contribution in [3.05, 3.63) is 118 Å². The van der Waals surface area contributed by atoms with Gasteiger partial charge in [0.1, 0.15) is 0 Å². The first-order valence-corrected chi connectivity index (χ1v) is 11.7. The largest absolute Gasteiger partial charge is 0.274 e. The van der Waals surface area contributed by atoms with Crippen LogP contribution in [-0.4, -0.2) is 11.8 Å². The summed E-state index contributed by atoms with van der Waals surface area (Å²) in [5, 5.41) is 0.764. The van der Waals surface area contributed by atoms with Crippen LogP contribution in [-0.2, 0) is 9.59 Å². The summed E-state index contributed by atoms with van der Waals surface area (Å²) in [7, 11) is 0. The Labute approximate surface area is 201 Å². The molecule has 0 spiro atoms. The van der Waals surface area contributed by atoms with E-state index in [1.165, 1.54) is 4.90 Å². The predicted octanol–water partition coefficient (Wildman–Crippen LogP) is 6.42. The van der Waals surface area contributed by atoms with Crippen LogP contribution < -0.4 is 4.90 Å². The maximum Gasteiger partial charge on any atom is 0.238 e. The number of rotatable bonds is 3. The molecule has 33 heavy (non-hydrogen) atoms. The number of imide groups is 1. The second-order valence-corrected chi connectivity index (χ2v) is 9.50. The van der Waals surface area contributed by atoms with Crippen LogP contribution >= 0.6 is 23.2 Å². The molecule has 5 heteroatoms. The molecule has 1 aliphatic heterocycles. The van der Waals surface area contributed by atoms with E-state index >= 15 is 0 Å². The minimum atomic E-state index is -0.420. The van der Waals surface area contributed by atoms with Crippen LogP contribution in [0.4, 0.5) is 5.69 Å². The summed E-state index contributed by atoms with van der Waals surface area (Å²) < 4.78 is 0. The number of halogens is 2. The normalized spacial score (nSPS) is 25.2. The van der Waals surface area contributed by atoms with Crippen molar-refractivity contribution in [1.29, 1.82) is 0 Å². The molecule has 1 heterocycles. The third-order valence-electron chi connectivity index (χ3n) is 6.98. The standard InChI is InChI=1S/C28H19Cl2NO2/c29-18-11-14-22(21(30)15-18)31-27(32)25-19-12-13-20(26(25)28(31)33)24(19)23(16-7-3-1-4-8-16)17-9-5-2-6-10-17/h1-15,19-20,25-26H/t19-,20-,25-,26-/m0/s1. The van der Waals surface area contributed by atoms with Crippen molar-refractivity contribution in [3.63, 3.8) is 0 Å². The van der Waals surface area contributed by atoms with Crippen molar-refractivity contribution >= 4 is 46.3 Å². The molecule has 162 valence electrons. The number of nitrogens with zero attached hydrogens (tertiary/aromatic N) is 1. The van der Waals surface area contributed by atoms with Crippen LogP contribution in [0.5, 0.6) is 0 Å². The van der Waals surface area contributed by atoms with E-state index in [-0.39, 0.29) is 23.7 Å². The van der Waals surface area contributed by atoms with E-state index in [1.807, 2.05) is 36.4 Å². The van der Waals surface area contributed by atoms with Gasteiger partial charge in [-0.25, -0.2) is 4.90 Å². The summed E-state index contributed by atoms with van der Waals surface area (Å²) in [6.07, 6.45) is 4.20. The molecule has 0 radical (unpaired) electrons. The van der Waals surface area contributed by atoms with Gasteiger partial charge in [-0.1, -0.05) is 96.0 Å². The highest BCUT2D eigenvalue weighted by molar-refractivity contribution is 6.38. The van der Waals surface area contributed by atoms with Gasteiger partial charge in [-0.2, -0.15) is 0 Å². The number of amides is 2. The lowest BCUT2D eigenvalue weighted by molar-refractivity contribution is -0.122. The van der Waals surface area contributed by atoms with E-state index in [4.69, 9.17) is 23.2 Å². The summed E-state index contributed by atoms with van der Waals surface area (Å²) in [5.74, 6) is -1.47. The Bertz CT molecular complexity index is 1270. The van der Waals surface area contributed by atoms with Gasteiger partial charge < -0.3 is 0 Å². The molecular weight excluding hydrogens is 453 g/mol. The highest BCUT2D eigenvalue weighted by Gasteiger charge is 2.62. The van der Waals surface area contributed by atoms with Crippen molar-refractivity contribution in [3.8, 4) is 0 Å². The number of benzene rings is 3. The van der Waals surface area contributed by atoms with E-state index in [2.05, 4.69) is 36.4 Å². The molecule has 3 nitrogen and oxygen atoms in total. The zero-order valence-electron chi connectivity index (χ0n) is 17.5. The second kappa shape index (κ2) is 7.72. The molecule has 2 aliphatic carbocycles. The Hall–Kier alpha value is -3.14. The van der Waals surface area contributed by atoms with Crippen molar-refractivity contribution in [2.75, 3.05) is 4.90 Å². The zero-order chi connectivity index (χ0) is 22.7. The lowest BCUT2D eigenvalue weighted by Gasteiger charge is -2.22. The van der Waals surface area contributed by atoms with E-state index in [0.29, 0.717) is 15.7 Å². The molecule has 3 aliphatic rings. The number of anilines is 1. The molecule has 6 rings (SSSR count). The Balaban J connectivity index is 1.49. The second-order valence-electron chi connectivity index (χ2n) is 8.66. The van der Waals surface area contributed by atoms with Crippen LogP contribution in [0, 0.1) is 23.7 Å². The van der Waals surface area contributed by atoms with Crippen LogP contribution in [0.2, 0.25) is 10.0 Å². The minimum absolute atomic E-state index is 0.122. The van der Waals surface area contributed by atoms with Gasteiger partial charge in [-0.3, -0.25) is 9.59 Å². The molecule has 0 unspecified atom stereocenters. The SMILES string of the molecule is O=C1[C@@H]2[C@@H](C(=O)N1c1ccc(Cl)cc1Cl)[C@H]1C=C[C@H]2C1=C(c1ccccc1)c1ccccc1. The molecule has 2 fully saturated rings. The van der Waals surface area contributed by atoms with Crippen molar-refractivity contribution in [2.24, 2.45) is 23.7 Å². The Morgan fingerprint density at radius 2 is 1.21 bits per heavy atom. The third-order valence-corrected chi connectivity index (χ3v) is 7.52. The zero-order valence-corrected chi connectivity index (χ0v) is 19.0. The molecule has 1 saturated heterocycles. The maximum atomic E-state index is 13.6. The first-order valence-electron chi connectivity index (χ1n) is 10.9. The molecule has 2 amide bonds. The molecule has 1 saturated carbocycles. The first kappa shape index (κ1) is 20.5. The Morgan fingerprint density at radius 3 is 1.70 bits per heavy atom. The van der Waals surface area contributed by atoms with E-state index in [0.717, 1.165) is 22.3 Å². The van der Waals surface area contributed by atoms with E-state index in [1.54, 1.807) is 18.2 Å². The van der Waals surface area contributed by atoms with E-state index < -0.39 is 11.8 Å². The van der Waals surface area contributed by atoms with Gasteiger partial charge in [-0.15, -0.1) is 0 Å². The molecule has 3 aromatic rings. The molecule has 2 bridgehead atoms. The lowest BCUT2D eigenvalue weighted by Crippen LogP contribution is -2.33. The number of carbonyl (C=O) groups is 2. The number of allylic oxidation sites excluding steroid dienone is 3. The average molecular weight is 472 g/mol. The number of hydrogen-bond acceptors (Lipinski definition) is 2. The summed E-state index contributed by atoms with van der Waals surface area (Å²) in [4.78, 5) is 28.5. The number of carbonyl (C=O) groups excluding carboxylic acids is 2. The molecule has 0 N–H and O–H groups in total. The fraction of sp³-hybridized carbons (Fsp3) is 0.143. The molecule has 0 aromatic heterocycles. The van der Waals surface area contributed by atoms with Crippen LogP contribution in [0.3, 0.4) is 0 Å². The summed E-state index contributed by atoms with van der Waals surface area (Å²) in [5.41, 5.74) is 4.86. The smallest absolute Gasteiger partial charge is 0.238 e. The Morgan fingerprint density at radius 1 is 0.697 bits per heavy atom. The molecular formula is C28H19Cl2NO2. The van der Waals surface area contributed by atoms with Crippen molar-refractivity contribution < 1.29 is 9.59 Å². The van der Waals surface area contributed by atoms with Crippen molar-refractivity contribution in [2.45, 2.75) is 0 Å². The highest BCUT2D eigenvalue weighted by Crippen LogP contribution is 2.59. The monoisotopic (exact) mass is 471 g/mol. The van der Waals surface area contributed by atoms with Gasteiger partial charge in [0, 0.05) is 16.9 Å². The summed E-state index contributed by atoms with van der Waals surface area (Å²) in [6.45, 7) is 0. The van der Waals surface area contributed by atoms with Crippen LogP contribution in [0.1, 0.15) is 11.1 Å². The van der Waals surface area contributed by atoms with Gasteiger partial charge in [0.05, 0.1) is 22.5 Å². The first-order chi connectivity index (χ1) is 16.1. The lowest BCUT2D eigenvalue weighted by atomic mass is 9.85. The fourth-order valence-corrected chi connectivity index (χ4v) is 6.20. The summed E-state index contributed by atoms with van der Waals surface area (Å²) in [6, 6.07) is 25.3.